The minimum atomic E-state index is -0.712. The van der Waals surface area contributed by atoms with E-state index in [1.54, 1.807) is 0 Å². The molecule has 1 amide bonds. The Kier molecular flexibility index (Phi) is 6.03. The molecule has 1 unspecified atom stereocenters. The Balaban J connectivity index is 1.81. The van der Waals surface area contributed by atoms with E-state index in [0.717, 1.165) is 52.0 Å². The van der Waals surface area contributed by atoms with Gasteiger partial charge in [0, 0.05) is 25.6 Å². The molecular weight excluding hydrogens is 270 g/mol. The van der Waals surface area contributed by atoms with Crippen LogP contribution >= 0.6 is 0 Å². The lowest BCUT2D eigenvalue weighted by Crippen LogP contribution is -2.45. The minimum absolute atomic E-state index is 0.0337. The van der Waals surface area contributed by atoms with Crippen molar-refractivity contribution >= 4 is 11.9 Å². The van der Waals surface area contributed by atoms with Gasteiger partial charge in [-0.25, -0.2) is 0 Å². The summed E-state index contributed by atoms with van der Waals surface area (Å²) in [5.41, 5.74) is 0. The lowest BCUT2D eigenvalue weighted by molar-refractivity contribution is -0.146. The van der Waals surface area contributed by atoms with Crippen molar-refractivity contribution in [3.05, 3.63) is 0 Å². The van der Waals surface area contributed by atoms with Crippen LogP contribution in [0.15, 0.2) is 0 Å². The zero-order valence-electron chi connectivity index (χ0n) is 12.9. The molecule has 1 N–H and O–H groups in total. The number of carbonyl (C=O) groups is 2. The quantitative estimate of drug-likeness (QED) is 0.844. The highest BCUT2D eigenvalue weighted by Crippen LogP contribution is 2.31. The second-order valence-corrected chi connectivity index (χ2v) is 6.34. The third kappa shape index (κ3) is 4.43. The van der Waals surface area contributed by atoms with Gasteiger partial charge in [-0.2, -0.15) is 0 Å². The van der Waals surface area contributed by atoms with Gasteiger partial charge in [0.25, 0.3) is 0 Å². The fourth-order valence-electron chi connectivity index (χ4n) is 3.53. The molecule has 1 saturated heterocycles. The first-order valence-electron chi connectivity index (χ1n) is 8.21. The summed E-state index contributed by atoms with van der Waals surface area (Å²) >= 11 is 0. The van der Waals surface area contributed by atoms with Gasteiger partial charge in [0.05, 0.1) is 12.5 Å². The number of hydrogen-bond donors (Lipinski definition) is 1. The smallest absolute Gasteiger partial charge is 0.306 e. The largest absolute Gasteiger partial charge is 0.481 e. The number of nitrogens with zero attached hydrogens (tertiary/aromatic N) is 1. The zero-order valence-corrected chi connectivity index (χ0v) is 12.9. The van der Waals surface area contributed by atoms with Crippen LogP contribution in [0.3, 0.4) is 0 Å². The molecule has 5 nitrogen and oxygen atoms in total. The number of likely N-dealkylation sites (tertiary alicyclic amines) is 1. The third-order valence-electron chi connectivity index (χ3n) is 4.81. The number of aliphatic carboxylic acids is 1. The Labute approximate surface area is 126 Å². The molecule has 0 aromatic rings. The summed E-state index contributed by atoms with van der Waals surface area (Å²) in [5.74, 6) is -0.235. The van der Waals surface area contributed by atoms with Crippen molar-refractivity contribution in [3.8, 4) is 0 Å². The number of carboxylic acid groups (broad SMARTS) is 1. The van der Waals surface area contributed by atoms with Crippen LogP contribution in [0, 0.1) is 17.8 Å². The molecule has 0 radical (unpaired) electrons. The number of rotatable bonds is 5. The summed E-state index contributed by atoms with van der Waals surface area (Å²) < 4.78 is 5.48. The van der Waals surface area contributed by atoms with Gasteiger partial charge in [-0.15, -0.1) is 0 Å². The summed E-state index contributed by atoms with van der Waals surface area (Å²) in [6, 6.07) is 0. The van der Waals surface area contributed by atoms with Crippen molar-refractivity contribution in [2.24, 2.45) is 17.8 Å². The molecule has 1 heterocycles. The van der Waals surface area contributed by atoms with Gasteiger partial charge in [-0.3, -0.25) is 9.59 Å². The molecule has 0 aromatic carbocycles. The SMILES string of the molecule is CCOCC1CCCN(C(=O)C2CCC(C(=O)O)CC2)C1. The van der Waals surface area contributed by atoms with Gasteiger partial charge in [0.2, 0.25) is 5.91 Å². The van der Waals surface area contributed by atoms with Crippen LogP contribution in [0.2, 0.25) is 0 Å². The van der Waals surface area contributed by atoms with Gasteiger partial charge < -0.3 is 14.7 Å². The van der Waals surface area contributed by atoms with Crippen LogP contribution in [-0.2, 0) is 14.3 Å². The van der Waals surface area contributed by atoms with E-state index in [-0.39, 0.29) is 17.7 Å². The first kappa shape index (κ1) is 16.3. The van der Waals surface area contributed by atoms with Crippen molar-refractivity contribution < 1.29 is 19.4 Å². The van der Waals surface area contributed by atoms with E-state index in [9.17, 15) is 9.59 Å². The molecule has 0 aromatic heterocycles. The molecular formula is C16H27NO4. The Hall–Kier alpha value is -1.10. The van der Waals surface area contributed by atoms with Gasteiger partial charge in [0.15, 0.2) is 0 Å². The first-order chi connectivity index (χ1) is 10.1. The molecule has 0 spiro atoms. The molecule has 1 saturated carbocycles. The maximum Gasteiger partial charge on any atom is 0.306 e. The van der Waals surface area contributed by atoms with E-state index < -0.39 is 5.97 Å². The predicted molar refractivity (Wildman–Crippen MR) is 78.9 cm³/mol. The number of hydrogen-bond acceptors (Lipinski definition) is 3. The second-order valence-electron chi connectivity index (χ2n) is 6.34. The Bertz CT molecular complexity index is 363. The van der Waals surface area contributed by atoms with E-state index in [1.807, 2.05) is 11.8 Å². The van der Waals surface area contributed by atoms with E-state index >= 15 is 0 Å². The average molecular weight is 297 g/mol. The van der Waals surface area contributed by atoms with Crippen LogP contribution in [-0.4, -0.2) is 48.2 Å². The van der Waals surface area contributed by atoms with Crippen molar-refractivity contribution in [1.82, 2.24) is 4.90 Å². The third-order valence-corrected chi connectivity index (χ3v) is 4.81. The van der Waals surface area contributed by atoms with E-state index in [2.05, 4.69) is 0 Å². The summed E-state index contributed by atoms with van der Waals surface area (Å²) in [6.45, 7) is 5.11. The van der Waals surface area contributed by atoms with Gasteiger partial charge in [-0.05, 0) is 51.4 Å². The molecule has 2 aliphatic rings. The van der Waals surface area contributed by atoms with Crippen molar-refractivity contribution in [2.75, 3.05) is 26.3 Å². The molecule has 5 heteroatoms. The lowest BCUT2D eigenvalue weighted by atomic mass is 9.81. The Morgan fingerprint density at radius 1 is 1.14 bits per heavy atom. The highest BCUT2D eigenvalue weighted by atomic mass is 16.5. The molecule has 1 aliphatic heterocycles. The second kappa shape index (κ2) is 7.78. The standard InChI is InChI=1S/C16H27NO4/c1-2-21-11-12-4-3-9-17(10-12)15(18)13-5-7-14(8-6-13)16(19)20/h12-14H,2-11H2,1H3,(H,19,20). The summed E-state index contributed by atoms with van der Waals surface area (Å²) in [5, 5.41) is 9.02. The maximum atomic E-state index is 12.6. The topological polar surface area (TPSA) is 66.8 Å². The van der Waals surface area contributed by atoms with Gasteiger partial charge in [-0.1, -0.05) is 0 Å². The Morgan fingerprint density at radius 2 is 1.81 bits per heavy atom. The predicted octanol–water partition coefficient (Wildman–Crippen LogP) is 2.15. The summed E-state index contributed by atoms with van der Waals surface area (Å²) in [7, 11) is 0. The minimum Gasteiger partial charge on any atom is -0.481 e. The van der Waals surface area contributed by atoms with Crippen LogP contribution in [0.4, 0.5) is 0 Å². The molecule has 21 heavy (non-hydrogen) atoms. The Morgan fingerprint density at radius 3 is 2.43 bits per heavy atom. The monoisotopic (exact) mass is 297 g/mol. The van der Waals surface area contributed by atoms with Crippen LogP contribution in [0.5, 0.6) is 0 Å². The van der Waals surface area contributed by atoms with E-state index in [1.165, 1.54) is 0 Å². The molecule has 1 atom stereocenters. The number of piperidine rings is 1. The van der Waals surface area contributed by atoms with Gasteiger partial charge in [0.1, 0.15) is 0 Å². The number of ether oxygens (including phenoxy) is 1. The van der Waals surface area contributed by atoms with Crippen LogP contribution in [0.25, 0.3) is 0 Å². The fraction of sp³-hybridized carbons (Fsp3) is 0.875. The first-order valence-corrected chi connectivity index (χ1v) is 8.21. The lowest BCUT2D eigenvalue weighted by Gasteiger charge is -2.36. The summed E-state index contributed by atoms with van der Waals surface area (Å²) in [6.07, 6.45) is 4.91. The highest BCUT2D eigenvalue weighted by Gasteiger charge is 2.33. The zero-order chi connectivity index (χ0) is 15.2. The van der Waals surface area contributed by atoms with Crippen molar-refractivity contribution in [1.29, 1.82) is 0 Å². The molecule has 2 fully saturated rings. The number of carboxylic acids is 1. The molecule has 1 aliphatic carbocycles. The average Bonchev–Trinajstić information content (AvgIpc) is 2.52. The molecule has 2 rings (SSSR count). The highest BCUT2D eigenvalue weighted by molar-refractivity contribution is 5.79. The normalized spacial score (nSPS) is 30.1. The summed E-state index contributed by atoms with van der Waals surface area (Å²) in [4.78, 5) is 25.5. The maximum absolute atomic E-state index is 12.6. The van der Waals surface area contributed by atoms with E-state index in [0.29, 0.717) is 18.8 Å². The van der Waals surface area contributed by atoms with Crippen LogP contribution < -0.4 is 0 Å². The molecule has 120 valence electrons. The molecule has 0 bridgehead atoms. The fourth-order valence-corrected chi connectivity index (χ4v) is 3.53. The van der Waals surface area contributed by atoms with Gasteiger partial charge >= 0.3 is 5.97 Å². The van der Waals surface area contributed by atoms with Crippen LogP contribution in [0.1, 0.15) is 45.4 Å². The van der Waals surface area contributed by atoms with Crippen molar-refractivity contribution in [2.45, 2.75) is 45.4 Å². The number of carbonyl (C=O) groups excluding carboxylic acids is 1. The van der Waals surface area contributed by atoms with Crippen molar-refractivity contribution in [3.63, 3.8) is 0 Å². The number of amides is 1. The van der Waals surface area contributed by atoms with E-state index in [4.69, 9.17) is 9.84 Å².